The molecule has 1 saturated heterocycles. The Hall–Kier alpha value is -1.40. The van der Waals surface area contributed by atoms with Gasteiger partial charge < -0.3 is 15.8 Å². The summed E-state index contributed by atoms with van der Waals surface area (Å²) in [5.41, 5.74) is 6.29. The Morgan fingerprint density at radius 1 is 1.50 bits per heavy atom. The first-order chi connectivity index (χ1) is 9.56. The number of carbonyl (C=O) groups is 2. The molecule has 1 aromatic rings. The first-order valence-corrected chi connectivity index (χ1v) is 7.31. The Kier molecular flexibility index (Phi) is 5.14. The Balaban J connectivity index is 2.00. The van der Waals surface area contributed by atoms with E-state index in [1.165, 1.54) is 0 Å². The molecule has 5 nitrogen and oxygen atoms in total. The fourth-order valence-corrected chi connectivity index (χ4v) is 2.62. The monoisotopic (exact) mass is 340 g/mol. The summed E-state index contributed by atoms with van der Waals surface area (Å²) in [5, 5.41) is 2.67. The molecule has 1 aliphatic heterocycles. The van der Waals surface area contributed by atoms with Crippen LogP contribution in [0, 0.1) is 0 Å². The van der Waals surface area contributed by atoms with E-state index in [1.54, 1.807) is 0 Å². The Morgan fingerprint density at radius 3 is 2.90 bits per heavy atom. The number of amides is 2. The lowest BCUT2D eigenvalue weighted by Gasteiger charge is -2.18. The molecule has 0 aliphatic carbocycles. The minimum atomic E-state index is -0.721. The molecular formula is C14H17BrN2O3. The predicted octanol–water partition coefficient (Wildman–Crippen LogP) is 1.14. The Bertz CT molecular complexity index is 501. The summed E-state index contributed by atoms with van der Waals surface area (Å²) in [4.78, 5) is 23.5. The van der Waals surface area contributed by atoms with Crippen molar-refractivity contribution in [2.24, 2.45) is 5.73 Å². The van der Waals surface area contributed by atoms with Crippen LogP contribution in [0.25, 0.3) is 0 Å². The predicted molar refractivity (Wildman–Crippen MR) is 77.9 cm³/mol. The van der Waals surface area contributed by atoms with Crippen molar-refractivity contribution in [3.8, 4) is 0 Å². The van der Waals surface area contributed by atoms with Crippen LogP contribution in [0.4, 0.5) is 0 Å². The van der Waals surface area contributed by atoms with Crippen LogP contribution in [0.2, 0.25) is 0 Å². The lowest BCUT2D eigenvalue weighted by atomic mass is 10.0. The molecule has 0 radical (unpaired) electrons. The van der Waals surface area contributed by atoms with E-state index in [0.717, 1.165) is 16.5 Å². The summed E-state index contributed by atoms with van der Waals surface area (Å²) in [6.45, 7) is 0.588. The highest BCUT2D eigenvalue weighted by Gasteiger charge is 2.27. The quantitative estimate of drug-likeness (QED) is 0.843. The number of hydrogen-bond donors (Lipinski definition) is 2. The Labute approximate surface area is 126 Å². The second kappa shape index (κ2) is 6.85. The van der Waals surface area contributed by atoms with E-state index in [1.807, 2.05) is 24.3 Å². The molecule has 1 aromatic carbocycles. The highest BCUT2D eigenvalue weighted by Crippen LogP contribution is 2.15. The minimum absolute atomic E-state index is 0.263. The zero-order valence-electron chi connectivity index (χ0n) is 11.0. The summed E-state index contributed by atoms with van der Waals surface area (Å²) >= 11 is 3.37. The number of nitrogens with two attached hydrogens (primary N) is 1. The SMILES string of the molecule is NC(=O)[C@@H](Cc1cccc(Br)c1)NC(=O)[C@H]1CCCO1. The van der Waals surface area contributed by atoms with E-state index in [0.29, 0.717) is 19.4 Å². The molecule has 2 amide bonds. The van der Waals surface area contributed by atoms with Crippen LogP contribution in [0.5, 0.6) is 0 Å². The summed E-state index contributed by atoms with van der Waals surface area (Å²) < 4.78 is 6.21. The molecule has 3 N–H and O–H groups in total. The first-order valence-electron chi connectivity index (χ1n) is 6.52. The molecule has 1 fully saturated rings. The number of nitrogens with one attached hydrogen (secondary N) is 1. The van der Waals surface area contributed by atoms with Gasteiger partial charge >= 0.3 is 0 Å². The number of ether oxygens (including phenoxy) is 1. The van der Waals surface area contributed by atoms with Gasteiger partial charge in [-0.25, -0.2) is 0 Å². The molecule has 1 heterocycles. The van der Waals surface area contributed by atoms with Gasteiger partial charge in [-0.05, 0) is 30.5 Å². The van der Waals surface area contributed by atoms with Crippen LogP contribution in [0.1, 0.15) is 18.4 Å². The van der Waals surface area contributed by atoms with E-state index in [-0.39, 0.29) is 5.91 Å². The van der Waals surface area contributed by atoms with Gasteiger partial charge in [-0.1, -0.05) is 28.1 Å². The van der Waals surface area contributed by atoms with Gasteiger partial charge in [0.25, 0.3) is 0 Å². The molecule has 6 heteroatoms. The molecule has 0 saturated carbocycles. The number of carbonyl (C=O) groups excluding carboxylic acids is 2. The third kappa shape index (κ3) is 4.05. The van der Waals surface area contributed by atoms with Crippen LogP contribution in [-0.2, 0) is 20.7 Å². The van der Waals surface area contributed by atoms with E-state index in [2.05, 4.69) is 21.2 Å². The van der Waals surface area contributed by atoms with Crippen molar-refractivity contribution in [1.29, 1.82) is 0 Å². The van der Waals surface area contributed by atoms with Gasteiger partial charge in [-0.15, -0.1) is 0 Å². The van der Waals surface area contributed by atoms with Gasteiger partial charge in [-0.2, -0.15) is 0 Å². The molecule has 108 valence electrons. The zero-order chi connectivity index (χ0) is 14.5. The first kappa shape index (κ1) is 15.0. The van der Waals surface area contributed by atoms with Gasteiger partial charge in [0.15, 0.2) is 0 Å². The third-order valence-electron chi connectivity index (χ3n) is 3.21. The molecule has 0 spiro atoms. The maximum absolute atomic E-state index is 12.0. The van der Waals surface area contributed by atoms with Crippen molar-refractivity contribution >= 4 is 27.7 Å². The van der Waals surface area contributed by atoms with Crippen molar-refractivity contribution in [2.75, 3.05) is 6.61 Å². The molecule has 0 bridgehead atoms. The normalized spacial score (nSPS) is 19.6. The fourth-order valence-electron chi connectivity index (χ4n) is 2.17. The molecule has 0 aromatic heterocycles. The van der Waals surface area contributed by atoms with Crippen molar-refractivity contribution < 1.29 is 14.3 Å². The number of hydrogen-bond acceptors (Lipinski definition) is 3. The molecule has 0 unspecified atom stereocenters. The van der Waals surface area contributed by atoms with E-state index in [4.69, 9.17) is 10.5 Å². The topological polar surface area (TPSA) is 81.4 Å². The summed E-state index contributed by atoms with van der Waals surface area (Å²) in [6.07, 6.45) is 1.46. The standard InChI is InChI=1S/C14H17BrN2O3/c15-10-4-1-3-9(7-10)8-11(13(16)18)17-14(19)12-5-2-6-20-12/h1,3-4,7,11-12H,2,5-6,8H2,(H2,16,18)(H,17,19)/t11-,12-/m1/s1. The van der Waals surface area contributed by atoms with Crippen molar-refractivity contribution in [3.05, 3.63) is 34.3 Å². The summed E-state index contributed by atoms with van der Waals surface area (Å²) in [5.74, 6) is -0.808. The zero-order valence-corrected chi connectivity index (χ0v) is 12.6. The highest BCUT2D eigenvalue weighted by atomic mass is 79.9. The van der Waals surface area contributed by atoms with Gasteiger partial charge in [-0.3, -0.25) is 9.59 Å². The molecule has 2 rings (SSSR count). The molecule has 2 atom stereocenters. The minimum Gasteiger partial charge on any atom is -0.368 e. The summed E-state index contributed by atoms with van der Waals surface area (Å²) in [6, 6.07) is 6.83. The van der Waals surface area contributed by atoms with Crippen molar-refractivity contribution in [2.45, 2.75) is 31.4 Å². The smallest absolute Gasteiger partial charge is 0.249 e. The maximum Gasteiger partial charge on any atom is 0.249 e. The lowest BCUT2D eigenvalue weighted by Crippen LogP contribution is -2.49. The summed E-state index contributed by atoms with van der Waals surface area (Å²) in [7, 11) is 0. The largest absolute Gasteiger partial charge is 0.368 e. The van der Waals surface area contributed by atoms with Crippen LogP contribution < -0.4 is 11.1 Å². The van der Waals surface area contributed by atoms with Crippen LogP contribution in [0.15, 0.2) is 28.7 Å². The lowest BCUT2D eigenvalue weighted by molar-refractivity contribution is -0.133. The number of primary amides is 1. The van der Waals surface area contributed by atoms with Gasteiger partial charge in [0, 0.05) is 17.5 Å². The maximum atomic E-state index is 12.0. The van der Waals surface area contributed by atoms with Crippen LogP contribution in [-0.4, -0.2) is 30.6 Å². The Morgan fingerprint density at radius 2 is 2.30 bits per heavy atom. The van der Waals surface area contributed by atoms with E-state index < -0.39 is 18.1 Å². The highest BCUT2D eigenvalue weighted by molar-refractivity contribution is 9.10. The molecule has 20 heavy (non-hydrogen) atoms. The molecular weight excluding hydrogens is 324 g/mol. The second-order valence-corrected chi connectivity index (χ2v) is 5.71. The number of benzene rings is 1. The van der Waals surface area contributed by atoms with Gasteiger partial charge in [0.1, 0.15) is 12.1 Å². The number of halogens is 1. The average Bonchev–Trinajstić information content (AvgIpc) is 2.91. The fraction of sp³-hybridized carbons (Fsp3) is 0.429. The second-order valence-electron chi connectivity index (χ2n) is 4.80. The van der Waals surface area contributed by atoms with Crippen molar-refractivity contribution in [1.82, 2.24) is 5.32 Å². The third-order valence-corrected chi connectivity index (χ3v) is 3.70. The molecule has 1 aliphatic rings. The average molecular weight is 341 g/mol. The van der Waals surface area contributed by atoms with E-state index in [9.17, 15) is 9.59 Å². The van der Waals surface area contributed by atoms with Crippen LogP contribution in [0.3, 0.4) is 0 Å². The van der Waals surface area contributed by atoms with Gasteiger partial charge in [0.05, 0.1) is 0 Å². The van der Waals surface area contributed by atoms with Crippen LogP contribution >= 0.6 is 15.9 Å². The van der Waals surface area contributed by atoms with Crippen molar-refractivity contribution in [3.63, 3.8) is 0 Å². The van der Waals surface area contributed by atoms with E-state index >= 15 is 0 Å². The van der Waals surface area contributed by atoms with Gasteiger partial charge in [0.2, 0.25) is 11.8 Å². The number of rotatable bonds is 5.